The average molecular weight is 841 g/mol. The van der Waals surface area contributed by atoms with Gasteiger partial charge in [0.25, 0.3) is 0 Å². The van der Waals surface area contributed by atoms with Crippen LogP contribution in [0.2, 0.25) is 25.7 Å². The summed E-state index contributed by atoms with van der Waals surface area (Å²) in [6.45, 7) is 17.3. The van der Waals surface area contributed by atoms with Crippen molar-refractivity contribution in [2.24, 2.45) is 0 Å². The molecule has 2 atom stereocenters. The van der Waals surface area contributed by atoms with Crippen LogP contribution in [0.15, 0.2) is 61.2 Å². The molecular weight excluding hydrogens is 785 g/mol. The minimum absolute atomic E-state index is 0.288. The number of ether oxygens (including phenoxy) is 3. The number of aromatic nitrogens is 8. The predicted octanol–water partition coefficient (Wildman–Crippen LogP) is 8.00. The van der Waals surface area contributed by atoms with E-state index in [9.17, 15) is 0 Å². The fraction of sp³-hybridized carbons (Fsp3) is 0.476. The van der Waals surface area contributed by atoms with Crippen LogP contribution in [0.4, 0.5) is 11.6 Å². The largest absolute Gasteiger partial charge is 0.377 e. The number of nitrogens with one attached hydrogen (secondary N) is 1. The number of pyridine rings is 4. The van der Waals surface area contributed by atoms with Gasteiger partial charge in [0.05, 0.1) is 49.9 Å². The van der Waals surface area contributed by atoms with Gasteiger partial charge in [-0.3, -0.25) is 15.1 Å². The summed E-state index contributed by atoms with van der Waals surface area (Å²) in [6.07, 6.45) is 11.5. The predicted molar refractivity (Wildman–Crippen MR) is 242 cm³/mol. The molecule has 6 aromatic heterocycles. The van der Waals surface area contributed by atoms with Crippen LogP contribution >= 0.6 is 23.5 Å². The number of hydrogen-bond acceptors (Lipinski definition) is 13. The van der Waals surface area contributed by atoms with Gasteiger partial charge in [-0.25, -0.2) is 14.6 Å². The minimum atomic E-state index is -1.13. The maximum atomic E-state index is 5.99. The molecule has 8 heterocycles. The molecule has 58 heavy (non-hydrogen) atoms. The molecule has 0 bridgehead atoms. The molecule has 2 aliphatic rings. The molecule has 1 N–H and O–H groups in total. The van der Waals surface area contributed by atoms with Gasteiger partial charge in [0.1, 0.15) is 40.8 Å². The summed E-state index contributed by atoms with van der Waals surface area (Å²) in [5.41, 5.74) is 7.93. The van der Waals surface area contributed by atoms with Crippen LogP contribution in [0.5, 0.6) is 0 Å². The summed E-state index contributed by atoms with van der Waals surface area (Å²) in [5.74, 6) is 3.86. The number of H-pyrrole nitrogens is 1. The lowest BCUT2D eigenvalue weighted by atomic mass is 10.1. The summed E-state index contributed by atoms with van der Waals surface area (Å²) in [4.78, 5) is 24.2. The van der Waals surface area contributed by atoms with Gasteiger partial charge >= 0.3 is 0 Å². The number of aromatic amines is 1. The molecule has 2 saturated heterocycles. The quantitative estimate of drug-likeness (QED) is 0.0891. The number of morpholine rings is 2. The Morgan fingerprint density at radius 2 is 1.36 bits per heavy atom. The highest BCUT2D eigenvalue weighted by molar-refractivity contribution is 7.98. The van der Waals surface area contributed by atoms with E-state index in [1.807, 2.05) is 58.9 Å². The van der Waals surface area contributed by atoms with Gasteiger partial charge < -0.3 is 24.0 Å². The van der Waals surface area contributed by atoms with Gasteiger partial charge in [-0.15, -0.1) is 0 Å². The third-order valence-corrected chi connectivity index (χ3v) is 13.4. The lowest BCUT2D eigenvalue weighted by Gasteiger charge is -2.34. The Hall–Kier alpha value is -4.06. The Bertz CT molecular complexity index is 2270. The number of rotatable bonds is 13. The summed E-state index contributed by atoms with van der Waals surface area (Å²) in [5, 5.41) is 13.9. The highest BCUT2D eigenvalue weighted by Gasteiger charge is 2.25. The van der Waals surface area contributed by atoms with Crippen molar-refractivity contribution in [1.82, 2.24) is 39.9 Å². The molecule has 0 spiro atoms. The van der Waals surface area contributed by atoms with Gasteiger partial charge in [0.15, 0.2) is 0 Å². The van der Waals surface area contributed by atoms with Crippen molar-refractivity contribution < 1.29 is 14.2 Å². The van der Waals surface area contributed by atoms with Crippen LogP contribution in [0.1, 0.15) is 25.0 Å². The van der Waals surface area contributed by atoms with Crippen LogP contribution in [-0.2, 0) is 32.4 Å². The first-order chi connectivity index (χ1) is 28.1. The molecule has 0 amide bonds. The van der Waals surface area contributed by atoms with Crippen molar-refractivity contribution in [3.05, 3.63) is 72.3 Å². The van der Waals surface area contributed by atoms with E-state index in [4.69, 9.17) is 29.2 Å². The molecule has 0 aliphatic carbocycles. The fourth-order valence-corrected chi connectivity index (χ4v) is 9.19. The molecule has 16 heteroatoms. The van der Waals surface area contributed by atoms with Gasteiger partial charge in [0.2, 0.25) is 0 Å². The van der Waals surface area contributed by atoms with Crippen molar-refractivity contribution in [2.45, 2.75) is 69.9 Å². The van der Waals surface area contributed by atoms with E-state index in [0.29, 0.717) is 12.8 Å². The van der Waals surface area contributed by atoms with Gasteiger partial charge in [-0.2, -0.15) is 33.7 Å². The standard InChI is InChI=1S/C24H35N5O2SSi.C18H21N5OS/c1-18-15-30-11-10-28(18)22-14-19(16-32-2)20-6-8-25-24(23(20)27-22)21-7-9-26-29(21)17-31-12-13-33(3,4)5;1-12-10-24-8-7-23(12)16-9-13(11-25-2)14-3-5-19-18(17(14)21-16)15-4-6-20-22-15/h6-9,14,18H,10-13,15-17H2,1-5H3;3-6,9,12H,7-8,10-11H2,1-2H3,(H,20,22)/t18-;12-/m11/s1. The summed E-state index contributed by atoms with van der Waals surface area (Å²) in [6, 6.07) is 14.3. The molecule has 0 unspecified atom stereocenters. The van der Waals surface area contributed by atoms with E-state index < -0.39 is 8.07 Å². The molecule has 8 rings (SSSR count). The zero-order valence-electron chi connectivity index (χ0n) is 34.8. The second-order valence-corrected chi connectivity index (χ2v) is 23.4. The number of nitrogens with zero attached hydrogens (tertiary/aromatic N) is 9. The van der Waals surface area contributed by atoms with E-state index in [1.165, 1.54) is 11.1 Å². The van der Waals surface area contributed by atoms with Crippen molar-refractivity contribution in [2.75, 3.05) is 68.4 Å². The molecule has 308 valence electrons. The third kappa shape index (κ3) is 9.85. The number of anilines is 2. The summed E-state index contributed by atoms with van der Waals surface area (Å²) in [7, 11) is -1.13. The van der Waals surface area contributed by atoms with Crippen LogP contribution in [0.25, 0.3) is 44.6 Å². The van der Waals surface area contributed by atoms with Crippen molar-refractivity contribution >= 4 is 65.0 Å². The second-order valence-electron chi connectivity index (χ2n) is 16.0. The zero-order valence-corrected chi connectivity index (χ0v) is 37.4. The zero-order chi connectivity index (χ0) is 40.6. The summed E-state index contributed by atoms with van der Waals surface area (Å²) >= 11 is 3.64. The molecule has 0 aromatic carbocycles. The molecule has 2 fully saturated rings. The average Bonchev–Trinajstić information content (AvgIpc) is 3.93. The molecule has 2 aliphatic heterocycles. The SMILES string of the molecule is CSCc1cc(N2CCOC[C@H]2C)nc2c(-c3ccn[nH]3)nccc12.CSCc1cc(N2CCOC[C@H]2C)nc2c(-c3ccnn3COCC[Si](C)(C)C)nccc12. The molecule has 0 saturated carbocycles. The Labute approximate surface area is 351 Å². The normalized spacial score (nSPS) is 17.5. The van der Waals surface area contributed by atoms with Crippen LogP contribution in [-0.4, -0.2) is 119 Å². The Morgan fingerprint density at radius 1 is 0.776 bits per heavy atom. The number of thioether (sulfide) groups is 2. The van der Waals surface area contributed by atoms with Gasteiger partial charge in [-0.1, -0.05) is 19.6 Å². The number of hydrogen-bond donors (Lipinski definition) is 1. The van der Waals surface area contributed by atoms with Crippen molar-refractivity contribution in [3.8, 4) is 22.8 Å². The second kappa shape index (κ2) is 19.3. The van der Waals surface area contributed by atoms with Gasteiger partial charge in [-0.05, 0) is 79.9 Å². The smallest absolute Gasteiger partial charge is 0.140 e. The Kier molecular flexibility index (Phi) is 14.0. The number of fused-ring (bicyclic) bond motifs is 2. The van der Waals surface area contributed by atoms with Crippen LogP contribution in [0, 0.1) is 0 Å². The maximum Gasteiger partial charge on any atom is 0.140 e. The fourth-order valence-electron chi connectivity index (χ4n) is 7.33. The van der Waals surface area contributed by atoms with E-state index in [1.54, 1.807) is 6.20 Å². The monoisotopic (exact) mass is 840 g/mol. The highest BCUT2D eigenvalue weighted by Crippen LogP contribution is 2.34. The summed E-state index contributed by atoms with van der Waals surface area (Å²) < 4.78 is 19.1. The van der Waals surface area contributed by atoms with Crippen LogP contribution < -0.4 is 9.80 Å². The molecular formula is C42H56N10O3S2Si. The van der Waals surface area contributed by atoms with E-state index >= 15 is 0 Å². The molecule has 6 aromatic rings. The molecule has 0 radical (unpaired) electrons. The van der Waals surface area contributed by atoms with E-state index in [2.05, 4.69) is 100 Å². The first-order valence-electron chi connectivity index (χ1n) is 20.0. The molecule has 13 nitrogen and oxygen atoms in total. The maximum absolute atomic E-state index is 5.99. The lowest BCUT2D eigenvalue weighted by Crippen LogP contribution is -2.44. The third-order valence-electron chi connectivity index (χ3n) is 10.4. The Balaban J connectivity index is 0.000000183. The van der Waals surface area contributed by atoms with E-state index in [-0.39, 0.29) is 6.04 Å². The van der Waals surface area contributed by atoms with Gasteiger partial charge in [0, 0.05) is 74.8 Å². The van der Waals surface area contributed by atoms with Crippen molar-refractivity contribution in [1.29, 1.82) is 0 Å². The topological polar surface area (TPSA) is 132 Å². The Morgan fingerprint density at radius 3 is 1.90 bits per heavy atom. The van der Waals surface area contributed by atoms with E-state index in [0.717, 1.165) is 120 Å². The van der Waals surface area contributed by atoms with Crippen molar-refractivity contribution in [3.63, 3.8) is 0 Å². The highest BCUT2D eigenvalue weighted by atomic mass is 32.2. The minimum Gasteiger partial charge on any atom is -0.377 e. The van der Waals surface area contributed by atoms with Crippen LogP contribution in [0.3, 0.4) is 0 Å². The first-order valence-corrected chi connectivity index (χ1v) is 26.5. The lowest BCUT2D eigenvalue weighted by molar-refractivity contribution is 0.0797. The first kappa shape index (κ1) is 42.1.